The highest BCUT2D eigenvalue weighted by atomic mass is 16.5. The molecule has 0 bridgehead atoms. The molecule has 0 aromatic heterocycles. The van der Waals surface area contributed by atoms with E-state index in [9.17, 15) is 9.90 Å². The summed E-state index contributed by atoms with van der Waals surface area (Å²) >= 11 is 0. The fourth-order valence-corrected chi connectivity index (χ4v) is 1.09. The molecule has 0 atom stereocenters. The van der Waals surface area contributed by atoms with E-state index in [0.717, 1.165) is 0 Å². The molecule has 3 nitrogen and oxygen atoms in total. The molecule has 13 heavy (non-hydrogen) atoms. The zero-order valence-electron chi connectivity index (χ0n) is 7.70. The maximum Gasteiger partial charge on any atom is 0.134 e. The standard InChI is InChI=1S/C10H12O3/c1-7(11)5-8-3-4-9(13-2)6-10(8)12/h3-4,6,12H,5H2,1-2H3. The summed E-state index contributed by atoms with van der Waals surface area (Å²) in [6, 6.07) is 4.91. The lowest BCUT2D eigenvalue weighted by Crippen LogP contribution is -1.96. The molecule has 0 aliphatic rings. The smallest absolute Gasteiger partial charge is 0.134 e. The van der Waals surface area contributed by atoms with E-state index in [1.807, 2.05) is 0 Å². The first-order valence-electron chi connectivity index (χ1n) is 3.99. The van der Waals surface area contributed by atoms with Crippen molar-refractivity contribution in [1.29, 1.82) is 0 Å². The largest absolute Gasteiger partial charge is 0.508 e. The number of hydrogen-bond donors (Lipinski definition) is 1. The lowest BCUT2D eigenvalue weighted by molar-refractivity contribution is -0.116. The number of hydrogen-bond acceptors (Lipinski definition) is 3. The number of rotatable bonds is 3. The lowest BCUT2D eigenvalue weighted by Gasteiger charge is -2.04. The van der Waals surface area contributed by atoms with Gasteiger partial charge in [0.2, 0.25) is 0 Å². The summed E-state index contributed by atoms with van der Waals surface area (Å²) in [6.07, 6.45) is 0.260. The molecule has 0 spiro atoms. The van der Waals surface area contributed by atoms with Crippen molar-refractivity contribution in [2.75, 3.05) is 7.11 Å². The summed E-state index contributed by atoms with van der Waals surface area (Å²) in [5, 5.41) is 9.44. The molecule has 70 valence electrons. The first-order chi connectivity index (χ1) is 6.13. The molecule has 0 fully saturated rings. The Kier molecular flexibility index (Phi) is 2.90. The van der Waals surface area contributed by atoms with Gasteiger partial charge in [0, 0.05) is 18.1 Å². The van der Waals surface area contributed by atoms with Crippen LogP contribution in [-0.4, -0.2) is 18.0 Å². The molecule has 1 rings (SSSR count). The number of ether oxygens (including phenoxy) is 1. The zero-order chi connectivity index (χ0) is 9.84. The van der Waals surface area contributed by atoms with Gasteiger partial charge in [-0.05, 0) is 13.0 Å². The van der Waals surface area contributed by atoms with Crippen LogP contribution in [0.1, 0.15) is 12.5 Å². The quantitative estimate of drug-likeness (QED) is 0.767. The number of ketones is 1. The summed E-state index contributed by atoms with van der Waals surface area (Å²) in [7, 11) is 1.53. The molecule has 0 heterocycles. The normalized spacial score (nSPS) is 9.69. The fraction of sp³-hybridized carbons (Fsp3) is 0.300. The molecule has 0 unspecified atom stereocenters. The van der Waals surface area contributed by atoms with Crippen LogP contribution in [0.25, 0.3) is 0 Å². The Bertz CT molecular complexity index is 318. The molecule has 0 amide bonds. The van der Waals surface area contributed by atoms with Crippen molar-refractivity contribution < 1.29 is 14.6 Å². The number of carbonyl (C=O) groups is 1. The van der Waals surface area contributed by atoms with Crippen LogP contribution in [0, 0.1) is 0 Å². The van der Waals surface area contributed by atoms with E-state index in [0.29, 0.717) is 11.3 Å². The van der Waals surface area contributed by atoms with Gasteiger partial charge in [0.1, 0.15) is 17.3 Å². The molecular formula is C10H12O3. The minimum atomic E-state index is 0.0282. The van der Waals surface area contributed by atoms with Crippen molar-refractivity contribution in [2.24, 2.45) is 0 Å². The van der Waals surface area contributed by atoms with Gasteiger partial charge in [-0.1, -0.05) is 6.07 Å². The van der Waals surface area contributed by atoms with Gasteiger partial charge >= 0.3 is 0 Å². The predicted molar refractivity (Wildman–Crippen MR) is 49.0 cm³/mol. The first kappa shape index (κ1) is 9.58. The monoisotopic (exact) mass is 180 g/mol. The molecule has 1 N–H and O–H groups in total. The van der Waals surface area contributed by atoms with Gasteiger partial charge in [0.25, 0.3) is 0 Å². The Morgan fingerprint density at radius 1 is 1.54 bits per heavy atom. The number of Topliss-reactive ketones (excluding diaryl/α,β-unsaturated/α-hetero) is 1. The Hall–Kier alpha value is -1.51. The fourth-order valence-electron chi connectivity index (χ4n) is 1.09. The van der Waals surface area contributed by atoms with Gasteiger partial charge < -0.3 is 9.84 Å². The average molecular weight is 180 g/mol. The van der Waals surface area contributed by atoms with Crippen LogP contribution in [0.4, 0.5) is 0 Å². The highest BCUT2D eigenvalue weighted by molar-refractivity contribution is 5.79. The lowest BCUT2D eigenvalue weighted by atomic mass is 10.1. The van der Waals surface area contributed by atoms with Gasteiger partial charge in [-0.15, -0.1) is 0 Å². The molecule has 0 saturated heterocycles. The summed E-state index contributed by atoms with van der Waals surface area (Å²) in [5.74, 6) is 0.722. The van der Waals surface area contributed by atoms with Crippen molar-refractivity contribution in [3.63, 3.8) is 0 Å². The Balaban J connectivity index is 2.91. The highest BCUT2D eigenvalue weighted by Gasteiger charge is 2.04. The van der Waals surface area contributed by atoms with Crippen LogP contribution < -0.4 is 4.74 Å². The number of methoxy groups -OCH3 is 1. The number of phenols is 1. The van der Waals surface area contributed by atoms with Crippen molar-refractivity contribution in [1.82, 2.24) is 0 Å². The van der Waals surface area contributed by atoms with E-state index in [2.05, 4.69) is 0 Å². The first-order valence-corrected chi connectivity index (χ1v) is 3.99. The third kappa shape index (κ3) is 2.47. The highest BCUT2D eigenvalue weighted by Crippen LogP contribution is 2.23. The van der Waals surface area contributed by atoms with Crippen LogP contribution in [-0.2, 0) is 11.2 Å². The molecule has 1 aromatic carbocycles. The van der Waals surface area contributed by atoms with E-state index < -0.39 is 0 Å². The summed E-state index contributed by atoms with van der Waals surface area (Å²) in [6.45, 7) is 1.49. The molecular weight excluding hydrogens is 168 g/mol. The van der Waals surface area contributed by atoms with Crippen LogP contribution in [0.5, 0.6) is 11.5 Å². The maximum atomic E-state index is 10.8. The number of aromatic hydroxyl groups is 1. The third-order valence-corrected chi connectivity index (χ3v) is 1.73. The Morgan fingerprint density at radius 2 is 2.23 bits per heavy atom. The maximum absolute atomic E-state index is 10.8. The van der Waals surface area contributed by atoms with Crippen molar-refractivity contribution in [2.45, 2.75) is 13.3 Å². The van der Waals surface area contributed by atoms with Gasteiger partial charge in [0.15, 0.2) is 0 Å². The van der Waals surface area contributed by atoms with Crippen LogP contribution in [0.3, 0.4) is 0 Å². The Labute approximate surface area is 77.0 Å². The molecule has 0 radical (unpaired) electrons. The predicted octanol–water partition coefficient (Wildman–Crippen LogP) is 1.53. The van der Waals surface area contributed by atoms with Gasteiger partial charge in [0.05, 0.1) is 7.11 Å². The van der Waals surface area contributed by atoms with E-state index in [1.54, 1.807) is 12.1 Å². The van der Waals surface area contributed by atoms with Crippen molar-refractivity contribution in [3.8, 4) is 11.5 Å². The second-order valence-corrected chi connectivity index (χ2v) is 2.87. The number of benzene rings is 1. The topological polar surface area (TPSA) is 46.5 Å². The van der Waals surface area contributed by atoms with E-state index in [4.69, 9.17) is 4.74 Å². The average Bonchev–Trinajstić information content (AvgIpc) is 2.08. The van der Waals surface area contributed by atoms with Gasteiger partial charge in [-0.2, -0.15) is 0 Å². The molecule has 0 saturated carbocycles. The molecule has 3 heteroatoms. The summed E-state index contributed by atoms with van der Waals surface area (Å²) in [4.78, 5) is 10.8. The number of carbonyl (C=O) groups excluding carboxylic acids is 1. The van der Waals surface area contributed by atoms with Crippen LogP contribution in [0.15, 0.2) is 18.2 Å². The van der Waals surface area contributed by atoms with Crippen molar-refractivity contribution in [3.05, 3.63) is 23.8 Å². The molecule has 0 aliphatic heterocycles. The Morgan fingerprint density at radius 3 is 2.69 bits per heavy atom. The van der Waals surface area contributed by atoms with E-state index in [1.165, 1.54) is 20.1 Å². The van der Waals surface area contributed by atoms with Crippen LogP contribution >= 0.6 is 0 Å². The van der Waals surface area contributed by atoms with Crippen LogP contribution in [0.2, 0.25) is 0 Å². The van der Waals surface area contributed by atoms with Crippen molar-refractivity contribution >= 4 is 5.78 Å². The summed E-state index contributed by atoms with van der Waals surface area (Å²) < 4.78 is 4.91. The zero-order valence-corrected chi connectivity index (χ0v) is 7.70. The van der Waals surface area contributed by atoms with Gasteiger partial charge in [-0.3, -0.25) is 4.79 Å². The molecule has 1 aromatic rings. The number of phenolic OH excluding ortho intramolecular Hbond substituents is 1. The van der Waals surface area contributed by atoms with Gasteiger partial charge in [-0.25, -0.2) is 0 Å². The second kappa shape index (κ2) is 3.94. The minimum absolute atomic E-state index is 0.0282. The van der Waals surface area contributed by atoms with E-state index in [-0.39, 0.29) is 18.0 Å². The molecule has 0 aliphatic carbocycles. The second-order valence-electron chi connectivity index (χ2n) is 2.87. The SMILES string of the molecule is COc1ccc(CC(C)=O)c(O)c1. The summed E-state index contributed by atoms with van der Waals surface area (Å²) in [5.41, 5.74) is 0.633. The minimum Gasteiger partial charge on any atom is -0.508 e. The van der Waals surface area contributed by atoms with E-state index >= 15 is 0 Å². The third-order valence-electron chi connectivity index (χ3n) is 1.73.